The number of carbonyl (C=O) groups excluding carboxylic acids is 2. The first-order valence-corrected chi connectivity index (χ1v) is 9.37. The first-order valence-electron chi connectivity index (χ1n) is 8.49. The molecule has 0 aromatic heterocycles. The van der Waals surface area contributed by atoms with E-state index in [-0.39, 0.29) is 28.8 Å². The van der Waals surface area contributed by atoms with Crippen LogP contribution in [0.3, 0.4) is 0 Å². The molecule has 1 heterocycles. The van der Waals surface area contributed by atoms with Crippen molar-refractivity contribution < 1.29 is 18.7 Å². The van der Waals surface area contributed by atoms with E-state index in [0.717, 1.165) is 28.1 Å². The molecule has 0 radical (unpaired) electrons. The number of hydrogen-bond donors (Lipinski definition) is 1. The predicted octanol–water partition coefficient (Wildman–Crippen LogP) is 4.45. The highest BCUT2D eigenvalue weighted by Gasteiger charge is 2.31. The van der Waals surface area contributed by atoms with Crippen molar-refractivity contribution in [1.82, 2.24) is 5.32 Å². The standard InChI is InChI=1S/C21H16FNO3S/c22-18-4-2-1-3-16(18)12-26-17-8-7-14-9-13(5-6-15(14)11-17)10-19-20(24)23-21(25)27-19/h1-9,11,19H,10,12H2,(H,23,24,25)/t19-/m0/s1. The van der Waals surface area contributed by atoms with E-state index in [2.05, 4.69) is 5.32 Å². The Morgan fingerprint density at radius 3 is 2.56 bits per heavy atom. The van der Waals surface area contributed by atoms with Crippen LogP contribution in [-0.2, 0) is 17.8 Å². The molecule has 0 unspecified atom stereocenters. The van der Waals surface area contributed by atoms with E-state index in [4.69, 9.17) is 4.74 Å². The van der Waals surface area contributed by atoms with Gasteiger partial charge in [-0.2, -0.15) is 0 Å². The fourth-order valence-corrected chi connectivity index (χ4v) is 3.87. The van der Waals surface area contributed by atoms with Gasteiger partial charge in [-0.15, -0.1) is 0 Å². The first-order chi connectivity index (χ1) is 13.1. The molecule has 1 aliphatic rings. The molecule has 1 N–H and O–H groups in total. The van der Waals surface area contributed by atoms with Crippen molar-refractivity contribution in [2.75, 3.05) is 0 Å². The molecule has 0 bridgehead atoms. The first kappa shape index (κ1) is 17.5. The summed E-state index contributed by atoms with van der Waals surface area (Å²) in [6, 6.07) is 18.1. The van der Waals surface area contributed by atoms with Crippen LogP contribution in [0, 0.1) is 5.82 Å². The van der Waals surface area contributed by atoms with Crippen molar-refractivity contribution in [3.8, 4) is 5.75 Å². The Morgan fingerprint density at radius 1 is 1.00 bits per heavy atom. The lowest BCUT2D eigenvalue weighted by Gasteiger charge is -2.10. The monoisotopic (exact) mass is 381 g/mol. The molecule has 1 aliphatic heterocycles. The van der Waals surface area contributed by atoms with E-state index in [1.807, 2.05) is 36.4 Å². The molecule has 1 atom stereocenters. The molecule has 4 nitrogen and oxygen atoms in total. The molecule has 0 spiro atoms. The van der Waals surface area contributed by atoms with Gasteiger partial charge in [0.15, 0.2) is 0 Å². The van der Waals surface area contributed by atoms with Gasteiger partial charge in [0.05, 0.1) is 5.25 Å². The van der Waals surface area contributed by atoms with Crippen LogP contribution in [0.25, 0.3) is 10.8 Å². The molecule has 136 valence electrons. The van der Waals surface area contributed by atoms with Crippen molar-refractivity contribution in [1.29, 1.82) is 0 Å². The summed E-state index contributed by atoms with van der Waals surface area (Å²) in [7, 11) is 0. The number of fused-ring (bicyclic) bond motifs is 1. The van der Waals surface area contributed by atoms with Crippen LogP contribution < -0.4 is 10.1 Å². The van der Waals surface area contributed by atoms with E-state index in [1.54, 1.807) is 18.2 Å². The fourth-order valence-electron chi connectivity index (χ4n) is 3.01. The molecule has 4 rings (SSSR count). The fraction of sp³-hybridized carbons (Fsp3) is 0.143. The van der Waals surface area contributed by atoms with Gasteiger partial charge in [-0.05, 0) is 41.0 Å². The van der Waals surface area contributed by atoms with Crippen LogP contribution in [0.5, 0.6) is 5.75 Å². The third kappa shape index (κ3) is 3.95. The maximum atomic E-state index is 13.7. The van der Waals surface area contributed by atoms with Gasteiger partial charge in [-0.1, -0.05) is 54.2 Å². The quantitative estimate of drug-likeness (QED) is 0.709. The van der Waals surface area contributed by atoms with Gasteiger partial charge in [0.1, 0.15) is 18.2 Å². The summed E-state index contributed by atoms with van der Waals surface area (Å²) in [5.74, 6) is 0.145. The lowest BCUT2D eigenvalue weighted by Crippen LogP contribution is -2.25. The highest BCUT2D eigenvalue weighted by atomic mass is 32.2. The summed E-state index contributed by atoms with van der Waals surface area (Å²) in [5.41, 5.74) is 1.50. The summed E-state index contributed by atoms with van der Waals surface area (Å²) in [6.07, 6.45) is 0.504. The van der Waals surface area contributed by atoms with Crippen LogP contribution in [-0.4, -0.2) is 16.4 Å². The Hall–Kier alpha value is -2.86. The summed E-state index contributed by atoms with van der Waals surface area (Å²) in [6.45, 7) is 0.165. The van der Waals surface area contributed by atoms with Crippen LogP contribution >= 0.6 is 11.8 Å². The third-order valence-corrected chi connectivity index (χ3v) is 5.40. The molecule has 1 saturated heterocycles. The Morgan fingerprint density at radius 2 is 1.78 bits per heavy atom. The van der Waals surface area contributed by atoms with Crippen LogP contribution in [0.15, 0.2) is 60.7 Å². The Balaban J connectivity index is 1.48. The molecule has 3 aromatic rings. The second-order valence-electron chi connectivity index (χ2n) is 6.31. The smallest absolute Gasteiger partial charge is 0.286 e. The Kier molecular flexibility index (Phi) is 4.81. The number of thioether (sulfide) groups is 1. The average Bonchev–Trinajstić information content (AvgIpc) is 2.98. The van der Waals surface area contributed by atoms with Gasteiger partial charge in [0.2, 0.25) is 5.91 Å². The van der Waals surface area contributed by atoms with Gasteiger partial charge in [0.25, 0.3) is 5.24 Å². The number of carbonyl (C=O) groups is 2. The van der Waals surface area contributed by atoms with E-state index < -0.39 is 0 Å². The molecule has 27 heavy (non-hydrogen) atoms. The molecule has 0 saturated carbocycles. The van der Waals surface area contributed by atoms with Crippen LogP contribution in [0.4, 0.5) is 9.18 Å². The van der Waals surface area contributed by atoms with Crippen molar-refractivity contribution >= 4 is 33.7 Å². The highest BCUT2D eigenvalue weighted by Crippen LogP contribution is 2.27. The summed E-state index contributed by atoms with van der Waals surface area (Å²) < 4.78 is 19.4. The van der Waals surface area contributed by atoms with Crippen LogP contribution in [0.1, 0.15) is 11.1 Å². The molecule has 2 amide bonds. The lowest BCUT2D eigenvalue weighted by molar-refractivity contribution is -0.118. The average molecular weight is 381 g/mol. The van der Waals surface area contributed by atoms with Crippen molar-refractivity contribution in [2.45, 2.75) is 18.3 Å². The molecule has 3 aromatic carbocycles. The zero-order chi connectivity index (χ0) is 18.8. The van der Waals surface area contributed by atoms with Crippen LogP contribution in [0.2, 0.25) is 0 Å². The minimum atomic E-state index is -0.377. The van der Waals surface area contributed by atoms with Gasteiger partial charge in [-0.3, -0.25) is 14.9 Å². The molecular formula is C21H16FNO3S. The zero-order valence-electron chi connectivity index (χ0n) is 14.3. The number of ether oxygens (including phenoxy) is 1. The van der Waals surface area contributed by atoms with E-state index in [0.29, 0.717) is 17.7 Å². The van der Waals surface area contributed by atoms with Crippen molar-refractivity contribution in [2.24, 2.45) is 0 Å². The number of amides is 2. The van der Waals surface area contributed by atoms with Gasteiger partial charge >= 0.3 is 0 Å². The molecule has 1 fully saturated rings. The minimum Gasteiger partial charge on any atom is -0.489 e. The van der Waals surface area contributed by atoms with E-state index in [9.17, 15) is 14.0 Å². The number of nitrogens with one attached hydrogen (secondary N) is 1. The van der Waals surface area contributed by atoms with E-state index in [1.165, 1.54) is 6.07 Å². The molecule has 0 aliphatic carbocycles. The number of rotatable bonds is 5. The minimum absolute atomic E-state index is 0.165. The summed E-state index contributed by atoms with van der Waals surface area (Å²) >= 11 is 1.03. The van der Waals surface area contributed by atoms with Gasteiger partial charge in [-0.25, -0.2) is 4.39 Å². The third-order valence-electron chi connectivity index (χ3n) is 4.42. The number of benzene rings is 3. The normalized spacial score (nSPS) is 16.6. The van der Waals surface area contributed by atoms with Crippen molar-refractivity contribution in [3.05, 3.63) is 77.6 Å². The number of hydrogen-bond acceptors (Lipinski definition) is 4. The van der Waals surface area contributed by atoms with Crippen molar-refractivity contribution in [3.63, 3.8) is 0 Å². The second-order valence-corrected chi connectivity index (χ2v) is 7.49. The predicted molar refractivity (Wildman–Crippen MR) is 103 cm³/mol. The maximum Gasteiger partial charge on any atom is 0.286 e. The van der Waals surface area contributed by atoms with E-state index >= 15 is 0 Å². The lowest BCUT2D eigenvalue weighted by atomic mass is 10.0. The SMILES string of the molecule is O=C1NC(=O)[C@H](Cc2ccc3cc(OCc4ccccc4F)ccc3c2)S1. The second kappa shape index (κ2) is 7.40. The molecular weight excluding hydrogens is 365 g/mol. The van der Waals surface area contributed by atoms with Gasteiger partial charge in [0, 0.05) is 5.56 Å². The molecule has 6 heteroatoms. The zero-order valence-corrected chi connectivity index (χ0v) is 15.1. The van der Waals surface area contributed by atoms with Gasteiger partial charge < -0.3 is 4.74 Å². The summed E-state index contributed by atoms with van der Waals surface area (Å²) in [5, 5.41) is 3.64. The Labute approximate surface area is 159 Å². The maximum absolute atomic E-state index is 13.7. The highest BCUT2D eigenvalue weighted by molar-refractivity contribution is 8.15. The number of halogens is 1. The Bertz CT molecular complexity index is 1040. The topological polar surface area (TPSA) is 55.4 Å². The largest absolute Gasteiger partial charge is 0.489 e. The summed E-state index contributed by atoms with van der Waals surface area (Å²) in [4.78, 5) is 23.0. The number of imide groups is 1.